The van der Waals surface area contributed by atoms with Gasteiger partial charge >= 0.3 is 0 Å². The van der Waals surface area contributed by atoms with Gasteiger partial charge in [0.25, 0.3) is 5.91 Å². The fourth-order valence-electron chi connectivity index (χ4n) is 5.83. The van der Waals surface area contributed by atoms with Gasteiger partial charge in [0.05, 0.1) is 17.3 Å². The second-order valence-electron chi connectivity index (χ2n) is 11.8. The molecule has 2 aliphatic heterocycles. The molecule has 2 aliphatic rings. The van der Waals surface area contributed by atoms with E-state index in [4.69, 9.17) is 5.73 Å². The van der Waals surface area contributed by atoms with Crippen molar-refractivity contribution in [1.82, 2.24) is 14.8 Å². The SMILES string of the molecule is C=CCCc1ccc(NC2=C3/C(=C(\C)CC)CCN(C(=O)C=C)CC3N(C(=O)c3ccc(C(C)(C)F)nc3N)CC2)cc1. The number of nitrogens with one attached hydrogen (secondary N) is 1. The number of amides is 2. The minimum absolute atomic E-state index is 0.00706. The number of likely N-dealkylation sites (tertiary alicyclic amines) is 1. The summed E-state index contributed by atoms with van der Waals surface area (Å²) in [5.74, 6) is -0.469. The van der Waals surface area contributed by atoms with Gasteiger partial charge in [0.15, 0.2) is 0 Å². The first-order chi connectivity index (χ1) is 20.5. The summed E-state index contributed by atoms with van der Waals surface area (Å²) in [4.78, 5) is 34.9. The molecule has 0 radical (unpaired) electrons. The molecule has 0 spiro atoms. The second-order valence-corrected chi connectivity index (χ2v) is 11.8. The number of rotatable bonds is 9. The maximum absolute atomic E-state index is 14.6. The van der Waals surface area contributed by atoms with E-state index in [0.29, 0.717) is 32.5 Å². The van der Waals surface area contributed by atoms with E-state index in [1.165, 1.54) is 37.1 Å². The van der Waals surface area contributed by atoms with Crippen LogP contribution in [0.4, 0.5) is 15.9 Å². The Hall–Kier alpha value is -4.20. The van der Waals surface area contributed by atoms with Gasteiger partial charge in [-0.1, -0.05) is 37.3 Å². The highest BCUT2D eigenvalue weighted by Crippen LogP contribution is 2.38. The van der Waals surface area contributed by atoms with E-state index in [-0.39, 0.29) is 28.9 Å². The van der Waals surface area contributed by atoms with Crippen molar-refractivity contribution in [2.24, 2.45) is 0 Å². The van der Waals surface area contributed by atoms with Crippen LogP contribution in [0.25, 0.3) is 0 Å². The number of nitrogens with two attached hydrogens (primary N) is 1. The van der Waals surface area contributed by atoms with Crippen molar-refractivity contribution in [3.63, 3.8) is 0 Å². The van der Waals surface area contributed by atoms with Crippen LogP contribution < -0.4 is 11.1 Å². The number of nitrogens with zero attached hydrogens (tertiary/aromatic N) is 3. The second kappa shape index (κ2) is 13.4. The molecule has 1 fully saturated rings. The summed E-state index contributed by atoms with van der Waals surface area (Å²) in [6.07, 6.45) is 7.21. The Bertz CT molecular complexity index is 1450. The van der Waals surface area contributed by atoms with Crippen LogP contribution in [0.3, 0.4) is 0 Å². The number of allylic oxidation sites excluding steroid dienone is 2. The number of hydrogen-bond acceptors (Lipinski definition) is 5. The Morgan fingerprint density at radius 2 is 1.86 bits per heavy atom. The molecular weight excluding hydrogens is 541 g/mol. The third-order valence-electron chi connectivity index (χ3n) is 8.43. The first kappa shape index (κ1) is 31.7. The fraction of sp³-hybridized carbons (Fsp3) is 0.400. The van der Waals surface area contributed by atoms with E-state index in [0.717, 1.165) is 41.8 Å². The molecule has 2 amide bonds. The maximum atomic E-state index is 14.6. The van der Waals surface area contributed by atoms with Gasteiger partial charge in [-0.2, -0.15) is 0 Å². The summed E-state index contributed by atoms with van der Waals surface area (Å²) in [5, 5.41) is 3.68. The number of aromatic nitrogens is 1. The van der Waals surface area contributed by atoms with E-state index in [1.54, 1.807) is 15.9 Å². The number of anilines is 2. The number of alkyl halides is 1. The molecule has 4 rings (SSSR count). The average molecular weight is 586 g/mol. The first-order valence-corrected chi connectivity index (χ1v) is 15.1. The van der Waals surface area contributed by atoms with E-state index < -0.39 is 11.7 Å². The number of carbonyl (C=O) groups is 2. The van der Waals surface area contributed by atoms with Gasteiger partial charge in [-0.25, -0.2) is 9.37 Å². The molecule has 0 bridgehead atoms. The van der Waals surface area contributed by atoms with E-state index in [2.05, 4.69) is 61.6 Å². The molecule has 0 saturated carbocycles. The molecule has 2 aromatic rings. The van der Waals surface area contributed by atoms with Crippen LogP contribution in [-0.2, 0) is 16.9 Å². The molecule has 1 aromatic carbocycles. The Balaban J connectivity index is 1.80. The number of carbonyl (C=O) groups excluding carboxylic acids is 2. The summed E-state index contributed by atoms with van der Waals surface area (Å²) in [6.45, 7) is 15.8. The number of aryl methyl sites for hydroxylation is 1. The molecule has 7 nitrogen and oxygen atoms in total. The van der Waals surface area contributed by atoms with Crippen molar-refractivity contribution in [1.29, 1.82) is 0 Å². The molecule has 1 saturated heterocycles. The molecule has 43 heavy (non-hydrogen) atoms. The Kier molecular flexibility index (Phi) is 9.89. The van der Waals surface area contributed by atoms with Crippen LogP contribution in [0.15, 0.2) is 84.1 Å². The highest BCUT2D eigenvalue weighted by molar-refractivity contribution is 5.99. The molecule has 1 aromatic heterocycles. The zero-order chi connectivity index (χ0) is 31.3. The Morgan fingerprint density at radius 3 is 2.47 bits per heavy atom. The Labute approximate surface area is 255 Å². The summed E-state index contributed by atoms with van der Waals surface area (Å²) in [6, 6.07) is 11.1. The molecule has 1 unspecified atom stereocenters. The standard InChI is InChI=1S/C35H44FN5O2/c1-7-10-11-24-12-14-25(15-13-24)38-28-19-21-41(34(43)27-16-17-30(35(5,6)36)39-33(27)37)29-22-40(31(42)9-3)20-18-26(32(28)29)23(4)8-2/h7,9,12-17,29,38H,1,3,8,10-11,18-22H2,2,4-6H3,(H2,37,39)/b26-23+. The van der Waals surface area contributed by atoms with Crippen molar-refractivity contribution >= 4 is 23.3 Å². The normalized spacial score (nSPS) is 18.5. The molecule has 3 heterocycles. The lowest BCUT2D eigenvalue weighted by Crippen LogP contribution is -2.51. The van der Waals surface area contributed by atoms with E-state index in [1.807, 2.05) is 6.08 Å². The van der Waals surface area contributed by atoms with Gasteiger partial charge in [0, 0.05) is 37.4 Å². The van der Waals surface area contributed by atoms with Crippen LogP contribution in [0.5, 0.6) is 0 Å². The summed E-state index contributed by atoms with van der Waals surface area (Å²) in [7, 11) is 0. The van der Waals surface area contributed by atoms with Crippen LogP contribution in [0.1, 0.15) is 75.0 Å². The predicted molar refractivity (Wildman–Crippen MR) is 172 cm³/mol. The molecule has 228 valence electrons. The van der Waals surface area contributed by atoms with E-state index >= 15 is 0 Å². The molecular formula is C35H44FN5O2. The van der Waals surface area contributed by atoms with Gasteiger partial charge in [0.2, 0.25) is 5.91 Å². The third kappa shape index (κ3) is 7.07. The van der Waals surface area contributed by atoms with Gasteiger partial charge < -0.3 is 20.9 Å². The molecule has 0 aliphatic carbocycles. The van der Waals surface area contributed by atoms with Crippen LogP contribution in [0, 0.1) is 0 Å². The number of fused-ring (bicyclic) bond motifs is 1. The van der Waals surface area contributed by atoms with Crippen LogP contribution >= 0.6 is 0 Å². The maximum Gasteiger partial charge on any atom is 0.258 e. The van der Waals surface area contributed by atoms with Crippen LogP contribution in [-0.4, -0.2) is 52.3 Å². The van der Waals surface area contributed by atoms with Gasteiger partial charge in [0.1, 0.15) is 11.5 Å². The lowest BCUT2D eigenvalue weighted by Gasteiger charge is -2.40. The predicted octanol–water partition coefficient (Wildman–Crippen LogP) is 6.71. The lowest BCUT2D eigenvalue weighted by atomic mass is 9.86. The minimum Gasteiger partial charge on any atom is -0.383 e. The van der Waals surface area contributed by atoms with Gasteiger partial charge in [-0.05, 0) is 93.5 Å². The zero-order valence-corrected chi connectivity index (χ0v) is 25.9. The largest absolute Gasteiger partial charge is 0.383 e. The van der Waals surface area contributed by atoms with E-state index in [9.17, 15) is 14.0 Å². The van der Waals surface area contributed by atoms with Crippen molar-refractivity contribution < 1.29 is 14.0 Å². The molecule has 8 heteroatoms. The topological polar surface area (TPSA) is 91.6 Å². The number of halogens is 1. The number of nitrogen functional groups attached to an aromatic ring is 1. The number of pyridine rings is 1. The smallest absolute Gasteiger partial charge is 0.258 e. The average Bonchev–Trinajstić information content (AvgIpc) is 3.20. The molecule has 3 N–H and O–H groups in total. The van der Waals surface area contributed by atoms with Crippen LogP contribution in [0.2, 0.25) is 0 Å². The quantitative estimate of drug-likeness (QED) is 0.252. The first-order valence-electron chi connectivity index (χ1n) is 15.1. The van der Waals surface area contributed by atoms with Crippen molar-refractivity contribution in [2.75, 3.05) is 30.7 Å². The monoisotopic (exact) mass is 585 g/mol. The summed E-state index contributed by atoms with van der Waals surface area (Å²) >= 11 is 0. The van der Waals surface area contributed by atoms with Crippen molar-refractivity contribution in [3.05, 3.63) is 101 Å². The summed E-state index contributed by atoms with van der Waals surface area (Å²) in [5.41, 5.74) is 11.6. The number of hydrogen-bond donors (Lipinski definition) is 2. The minimum atomic E-state index is -1.69. The van der Waals surface area contributed by atoms with Gasteiger partial charge in [-0.15, -0.1) is 6.58 Å². The zero-order valence-electron chi connectivity index (χ0n) is 25.9. The molecule has 1 atom stereocenters. The number of benzene rings is 1. The fourth-order valence-corrected chi connectivity index (χ4v) is 5.83. The van der Waals surface area contributed by atoms with Gasteiger partial charge in [-0.3, -0.25) is 9.59 Å². The third-order valence-corrected chi connectivity index (χ3v) is 8.43. The Morgan fingerprint density at radius 1 is 1.14 bits per heavy atom. The van der Waals surface area contributed by atoms with Crippen molar-refractivity contribution in [2.45, 2.75) is 71.5 Å². The lowest BCUT2D eigenvalue weighted by molar-refractivity contribution is -0.126. The van der Waals surface area contributed by atoms with Crippen molar-refractivity contribution in [3.8, 4) is 0 Å². The highest BCUT2D eigenvalue weighted by atomic mass is 19.1. The highest BCUT2D eigenvalue weighted by Gasteiger charge is 2.39. The summed E-state index contributed by atoms with van der Waals surface area (Å²) < 4.78 is 14.6.